The second-order valence-electron chi connectivity index (χ2n) is 4.24. The first-order valence-corrected chi connectivity index (χ1v) is 5.85. The number of halogens is 2. The summed E-state index contributed by atoms with van der Waals surface area (Å²) in [7, 11) is 0. The van der Waals surface area contributed by atoms with Crippen LogP contribution >= 0.6 is 0 Å². The molecule has 4 nitrogen and oxygen atoms in total. The number of nitrogens with zero attached hydrogens (tertiary/aromatic N) is 2. The number of hydrogen-bond donors (Lipinski definition) is 1. The van der Waals surface area contributed by atoms with Gasteiger partial charge in [-0.1, -0.05) is 0 Å². The summed E-state index contributed by atoms with van der Waals surface area (Å²) in [6, 6.07) is 0. The lowest BCUT2D eigenvalue weighted by molar-refractivity contribution is 0.0536. The molecule has 0 bridgehead atoms. The third kappa shape index (κ3) is 3.47. The maximum absolute atomic E-state index is 12.5. The van der Waals surface area contributed by atoms with Crippen LogP contribution in [0.2, 0.25) is 0 Å². The first kappa shape index (κ1) is 12.4. The van der Waals surface area contributed by atoms with Crippen molar-refractivity contribution in [2.24, 2.45) is 5.92 Å². The predicted molar refractivity (Wildman–Crippen MR) is 58.7 cm³/mol. The molecule has 0 radical (unpaired) electrons. The number of hydrogen-bond acceptors (Lipinski definition) is 3. The zero-order valence-corrected chi connectivity index (χ0v) is 9.61. The Morgan fingerprint density at radius 1 is 1.59 bits per heavy atom. The van der Waals surface area contributed by atoms with Crippen LogP contribution in [-0.4, -0.2) is 29.3 Å². The largest absolute Gasteiger partial charge is 0.381 e. The normalized spacial score (nSPS) is 21.0. The smallest absolute Gasteiger partial charge is 0.319 e. The Kier molecular flexibility index (Phi) is 4.44. The van der Waals surface area contributed by atoms with Crippen LogP contribution in [0.3, 0.4) is 0 Å². The van der Waals surface area contributed by atoms with Gasteiger partial charge in [0.1, 0.15) is 5.82 Å². The number of alkyl halides is 2. The van der Waals surface area contributed by atoms with Crippen LogP contribution in [0.15, 0.2) is 12.4 Å². The molecule has 2 heterocycles. The lowest BCUT2D eigenvalue weighted by Gasteiger charge is -2.22. The second kappa shape index (κ2) is 6.07. The van der Waals surface area contributed by atoms with Crippen LogP contribution in [0.25, 0.3) is 0 Å². The average molecular weight is 245 g/mol. The highest BCUT2D eigenvalue weighted by Gasteiger charge is 2.14. The fourth-order valence-corrected chi connectivity index (χ4v) is 2.02. The SMILES string of the molecule is FC(F)n1ccnc1CNCC1CCCOC1. The van der Waals surface area contributed by atoms with Crippen LogP contribution in [0, 0.1) is 5.92 Å². The molecule has 1 aromatic heterocycles. The minimum absolute atomic E-state index is 0.369. The Morgan fingerprint density at radius 3 is 3.18 bits per heavy atom. The van der Waals surface area contributed by atoms with Gasteiger partial charge in [0.05, 0.1) is 13.2 Å². The zero-order chi connectivity index (χ0) is 12.1. The molecule has 1 aliphatic rings. The molecular weight excluding hydrogens is 228 g/mol. The molecular formula is C11H17F2N3O. The van der Waals surface area contributed by atoms with Crippen LogP contribution in [0.1, 0.15) is 25.2 Å². The second-order valence-corrected chi connectivity index (χ2v) is 4.24. The molecule has 0 saturated carbocycles. The van der Waals surface area contributed by atoms with Crippen LogP contribution < -0.4 is 5.32 Å². The molecule has 1 fully saturated rings. The van der Waals surface area contributed by atoms with Gasteiger partial charge in [0.15, 0.2) is 0 Å². The maximum Gasteiger partial charge on any atom is 0.319 e. The maximum atomic E-state index is 12.5. The molecule has 0 spiro atoms. The Labute approximate surface area is 99.0 Å². The van der Waals surface area contributed by atoms with Gasteiger partial charge in [-0.15, -0.1) is 0 Å². The third-order valence-electron chi connectivity index (χ3n) is 2.93. The van der Waals surface area contributed by atoms with E-state index in [1.54, 1.807) is 0 Å². The van der Waals surface area contributed by atoms with Crippen molar-refractivity contribution < 1.29 is 13.5 Å². The zero-order valence-electron chi connectivity index (χ0n) is 9.61. The highest BCUT2D eigenvalue weighted by Crippen LogP contribution is 2.14. The predicted octanol–water partition coefficient (Wildman–Crippen LogP) is 1.79. The summed E-state index contributed by atoms with van der Waals surface area (Å²) in [5, 5.41) is 3.16. The van der Waals surface area contributed by atoms with Gasteiger partial charge in [0, 0.05) is 25.5 Å². The first-order chi connectivity index (χ1) is 8.27. The summed E-state index contributed by atoms with van der Waals surface area (Å²) in [4.78, 5) is 3.91. The van der Waals surface area contributed by atoms with Gasteiger partial charge in [-0.2, -0.15) is 8.78 Å². The minimum Gasteiger partial charge on any atom is -0.381 e. The molecule has 96 valence electrons. The van der Waals surface area contributed by atoms with Crippen molar-refractivity contribution in [3.8, 4) is 0 Å². The summed E-state index contributed by atoms with van der Waals surface area (Å²) >= 11 is 0. The fraction of sp³-hybridized carbons (Fsp3) is 0.727. The van der Waals surface area contributed by atoms with Crippen molar-refractivity contribution >= 4 is 0 Å². The lowest BCUT2D eigenvalue weighted by atomic mass is 10.0. The Hall–Kier alpha value is -1.01. The summed E-state index contributed by atoms with van der Waals surface area (Å²) < 4.78 is 31.3. The van der Waals surface area contributed by atoms with Crippen LogP contribution in [0.5, 0.6) is 0 Å². The van der Waals surface area contributed by atoms with Crippen molar-refractivity contribution in [1.82, 2.24) is 14.9 Å². The van der Waals surface area contributed by atoms with E-state index < -0.39 is 6.55 Å². The Balaban J connectivity index is 1.75. The Bertz CT molecular complexity index is 337. The molecule has 0 amide bonds. The summed E-state index contributed by atoms with van der Waals surface area (Å²) in [6.45, 7) is 0.235. The van der Waals surface area contributed by atoms with Crippen LogP contribution in [0.4, 0.5) is 8.78 Å². The van der Waals surface area contributed by atoms with E-state index in [1.807, 2.05) is 0 Å². The van der Waals surface area contributed by atoms with E-state index in [0.29, 0.717) is 18.3 Å². The first-order valence-electron chi connectivity index (χ1n) is 5.85. The molecule has 1 aromatic rings. The van der Waals surface area contributed by atoms with Crippen molar-refractivity contribution in [3.05, 3.63) is 18.2 Å². The Morgan fingerprint density at radius 2 is 2.47 bits per heavy atom. The van der Waals surface area contributed by atoms with Gasteiger partial charge >= 0.3 is 6.55 Å². The van der Waals surface area contributed by atoms with E-state index >= 15 is 0 Å². The number of rotatable bonds is 5. The molecule has 0 aromatic carbocycles. The highest BCUT2D eigenvalue weighted by atomic mass is 19.3. The topological polar surface area (TPSA) is 39.1 Å². The molecule has 1 unspecified atom stereocenters. The summed E-state index contributed by atoms with van der Waals surface area (Å²) in [5.41, 5.74) is 0. The molecule has 1 atom stereocenters. The van der Waals surface area contributed by atoms with Crippen molar-refractivity contribution in [1.29, 1.82) is 0 Å². The number of aromatic nitrogens is 2. The summed E-state index contributed by atoms with van der Waals surface area (Å²) in [5.74, 6) is 0.857. The van der Waals surface area contributed by atoms with E-state index in [-0.39, 0.29) is 0 Å². The standard InChI is InChI=1S/C11H17F2N3O/c12-11(13)16-4-3-15-10(16)7-14-6-9-2-1-5-17-8-9/h3-4,9,11,14H,1-2,5-8H2. The summed E-state index contributed by atoms with van der Waals surface area (Å²) in [6.07, 6.45) is 4.91. The number of nitrogens with one attached hydrogen (secondary N) is 1. The van der Waals surface area contributed by atoms with E-state index in [9.17, 15) is 8.78 Å². The monoisotopic (exact) mass is 245 g/mol. The third-order valence-corrected chi connectivity index (χ3v) is 2.93. The molecule has 17 heavy (non-hydrogen) atoms. The van der Waals surface area contributed by atoms with Gasteiger partial charge in [-0.3, -0.25) is 4.57 Å². The molecule has 6 heteroatoms. The van der Waals surface area contributed by atoms with Gasteiger partial charge in [0.2, 0.25) is 0 Å². The van der Waals surface area contributed by atoms with E-state index in [1.165, 1.54) is 12.4 Å². The molecule has 1 saturated heterocycles. The van der Waals surface area contributed by atoms with Gasteiger partial charge < -0.3 is 10.1 Å². The van der Waals surface area contributed by atoms with E-state index in [4.69, 9.17) is 4.74 Å². The molecule has 2 rings (SSSR count). The van der Waals surface area contributed by atoms with E-state index in [0.717, 1.165) is 37.2 Å². The molecule has 1 aliphatic heterocycles. The highest BCUT2D eigenvalue weighted by molar-refractivity contribution is 4.92. The molecule has 1 N–H and O–H groups in total. The van der Waals surface area contributed by atoms with Crippen molar-refractivity contribution in [2.45, 2.75) is 25.9 Å². The fourth-order valence-electron chi connectivity index (χ4n) is 2.02. The van der Waals surface area contributed by atoms with Gasteiger partial charge in [-0.25, -0.2) is 4.98 Å². The van der Waals surface area contributed by atoms with Crippen molar-refractivity contribution in [2.75, 3.05) is 19.8 Å². The van der Waals surface area contributed by atoms with Gasteiger partial charge in [-0.05, 0) is 18.8 Å². The quantitative estimate of drug-likeness (QED) is 0.859. The van der Waals surface area contributed by atoms with E-state index in [2.05, 4.69) is 10.3 Å². The number of imidazole rings is 1. The van der Waals surface area contributed by atoms with Gasteiger partial charge in [0.25, 0.3) is 0 Å². The van der Waals surface area contributed by atoms with Crippen LogP contribution in [-0.2, 0) is 11.3 Å². The lowest BCUT2D eigenvalue weighted by Crippen LogP contribution is -2.29. The van der Waals surface area contributed by atoms with Crippen molar-refractivity contribution in [3.63, 3.8) is 0 Å². The minimum atomic E-state index is -2.52. The number of ether oxygens (including phenoxy) is 1. The molecule has 0 aliphatic carbocycles. The average Bonchev–Trinajstić information content (AvgIpc) is 2.79.